The number of hydrogen-bond donors (Lipinski definition) is 3. The van der Waals surface area contributed by atoms with Crippen molar-refractivity contribution >= 4 is 5.84 Å². The zero-order valence-corrected chi connectivity index (χ0v) is 8.16. The molecule has 0 radical (unpaired) electrons. The Bertz CT molecular complexity index is 182. The Hall–Kier alpha value is -0.770. The molecule has 2 atom stereocenters. The lowest BCUT2D eigenvalue weighted by Gasteiger charge is -2.16. The second-order valence-corrected chi connectivity index (χ2v) is 3.81. The second-order valence-electron chi connectivity index (χ2n) is 3.81. The summed E-state index contributed by atoms with van der Waals surface area (Å²) in [7, 11) is 0. The molecule has 0 bridgehead atoms. The summed E-state index contributed by atoms with van der Waals surface area (Å²) in [4.78, 5) is 0. The highest BCUT2D eigenvalue weighted by Gasteiger charge is 2.22. The van der Waals surface area contributed by atoms with Crippen LogP contribution in [0, 0.1) is 5.92 Å². The molecule has 13 heavy (non-hydrogen) atoms. The third kappa shape index (κ3) is 3.22. The third-order valence-corrected chi connectivity index (χ3v) is 2.78. The van der Waals surface area contributed by atoms with Crippen molar-refractivity contribution in [2.45, 2.75) is 38.6 Å². The summed E-state index contributed by atoms with van der Waals surface area (Å²) in [5.74, 6) is 1.07. The van der Waals surface area contributed by atoms with E-state index in [0.29, 0.717) is 18.3 Å². The van der Waals surface area contributed by atoms with E-state index in [2.05, 4.69) is 17.4 Å². The fourth-order valence-electron chi connectivity index (χ4n) is 1.88. The largest absolute Gasteiger partial charge is 0.409 e. The fourth-order valence-corrected chi connectivity index (χ4v) is 1.88. The first-order chi connectivity index (χ1) is 6.24. The molecule has 0 aromatic rings. The van der Waals surface area contributed by atoms with Crippen molar-refractivity contribution in [3.63, 3.8) is 0 Å². The van der Waals surface area contributed by atoms with Gasteiger partial charge in [0.2, 0.25) is 0 Å². The van der Waals surface area contributed by atoms with Gasteiger partial charge in [0, 0.05) is 19.0 Å². The summed E-state index contributed by atoms with van der Waals surface area (Å²) in [5, 5.41) is 14.7. The van der Waals surface area contributed by atoms with E-state index in [1.165, 1.54) is 19.3 Å². The van der Waals surface area contributed by atoms with Crippen molar-refractivity contribution in [2.24, 2.45) is 16.8 Å². The van der Waals surface area contributed by atoms with Crippen LogP contribution < -0.4 is 11.1 Å². The first-order valence-corrected chi connectivity index (χ1v) is 4.94. The zero-order chi connectivity index (χ0) is 9.68. The normalized spacial score (nSPS) is 29.5. The van der Waals surface area contributed by atoms with E-state index in [9.17, 15) is 0 Å². The van der Waals surface area contributed by atoms with Crippen LogP contribution in [-0.4, -0.2) is 23.6 Å². The molecule has 0 amide bonds. The average Bonchev–Trinajstić information content (AvgIpc) is 2.52. The van der Waals surface area contributed by atoms with Gasteiger partial charge in [-0.25, -0.2) is 0 Å². The highest BCUT2D eigenvalue weighted by Crippen LogP contribution is 2.24. The van der Waals surface area contributed by atoms with Crippen molar-refractivity contribution in [3.8, 4) is 0 Å². The van der Waals surface area contributed by atoms with E-state index in [0.717, 1.165) is 12.5 Å². The molecule has 4 nitrogen and oxygen atoms in total. The van der Waals surface area contributed by atoms with E-state index in [1.807, 2.05) is 0 Å². The first-order valence-electron chi connectivity index (χ1n) is 4.94. The summed E-state index contributed by atoms with van der Waals surface area (Å²) >= 11 is 0. The summed E-state index contributed by atoms with van der Waals surface area (Å²) in [6.07, 6.45) is 4.53. The van der Waals surface area contributed by atoms with Crippen LogP contribution in [-0.2, 0) is 0 Å². The molecule has 1 fully saturated rings. The van der Waals surface area contributed by atoms with E-state index < -0.39 is 0 Å². The highest BCUT2D eigenvalue weighted by atomic mass is 16.4. The van der Waals surface area contributed by atoms with Gasteiger partial charge in [0.25, 0.3) is 0 Å². The van der Waals surface area contributed by atoms with Gasteiger partial charge in [0.05, 0.1) is 0 Å². The van der Waals surface area contributed by atoms with Gasteiger partial charge in [-0.3, -0.25) is 0 Å². The van der Waals surface area contributed by atoms with Crippen LogP contribution in [0.2, 0.25) is 0 Å². The van der Waals surface area contributed by atoms with Crippen molar-refractivity contribution < 1.29 is 5.21 Å². The molecule has 0 saturated heterocycles. The van der Waals surface area contributed by atoms with Gasteiger partial charge in [-0.2, -0.15) is 0 Å². The molecule has 1 aliphatic rings. The molecular formula is C9H19N3O. The first kappa shape index (κ1) is 10.3. The summed E-state index contributed by atoms with van der Waals surface area (Å²) in [6, 6.07) is 0.631. The molecule has 0 heterocycles. The van der Waals surface area contributed by atoms with Crippen molar-refractivity contribution in [1.82, 2.24) is 5.32 Å². The lowest BCUT2D eigenvalue weighted by molar-refractivity contribution is 0.316. The van der Waals surface area contributed by atoms with Gasteiger partial charge in [-0.1, -0.05) is 18.5 Å². The third-order valence-electron chi connectivity index (χ3n) is 2.78. The number of nitrogens with one attached hydrogen (secondary N) is 1. The molecule has 2 unspecified atom stereocenters. The van der Waals surface area contributed by atoms with E-state index in [-0.39, 0.29) is 0 Å². The SMILES string of the molecule is CC1CCCC1NCCC(N)=NO. The van der Waals surface area contributed by atoms with Gasteiger partial charge < -0.3 is 16.3 Å². The van der Waals surface area contributed by atoms with Crippen molar-refractivity contribution in [2.75, 3.05) is 6.54 Å². The molecule has 1 aliphatic carbocycles. The number of nitrogens with two attached hydrogens (primary N) is 1. The van der Waals surface area contributed by atoms with Crippen LogP contribution in [0.3, 0.4) is 0 Å². The summed E-state index contributed by atoms with van der Waals surface area (Å²) in [5.41, 5.74) is 5.35. The molecule has 0 spiro atoms. The molecule has 1 saturated carbocycles. The maximum Gasteiger partial charge on any atom is 0.140 e. The number of nitrogens with zero attached hydrogens (tertiary/aromatic N) is 1. The monoisotopic (exact) mass is 185 g/mol. The standard InChI is InChI=1S/C9H19N3O/c1-7-3-2-4-8(7)11-6-5-9(10)12-13/h7-8,11,13H,2-6H2,1H3,(H2,10,12). The maximum atomic E-state index is 8.31. The molecule has 1 rings (SSSR count). The Morgan fingerprint density at radius 2 is 2.38 bits per heavy atom. The second kappa shape index (κ2) is 5.07. The lowest BCUT2D eigenvalue weighted by Crippen LogP contribution is -2.33. The Kier molecular flexibility index (Phi) is 4.02. The van der Waals surface area contributed by atoms with Crippen LogP contribution in [0.1, 0.15) is 32.6 Å². The van der Waals surface area contributed by atoms with Crippen molar-refractivity contribution in [1.29, 1.82) is 0 Å². The van der Waals surface area contributed by atoms with E-state index in [1.54, 1.807) is 0 Å². The molecule has 4 heteroatoms. The van der Waals surface area contributed by atoms with Gasteiger partial charge in [0.1, 0.15) is 5.84 Å². The number of rotatable bonds is 4. The average molecular weight is 185 g/mol. The molecule has 0 aromatic heterocycles. The van der Waals surface area contributed by atoms with Crippen LogP contribution in [0.25, 0.3) is 0 Å². The molecule has 0 aromatic carbocycles. The van der Waals surface area contributed by atoms with Crippen LogP contribution >= 0.6 is 0 Å². The minimum absolute atomic E-state index is 0.304. The van der Waals surface area contributed by atoms with E-state index in [4.69, 9.17) is 10.9 Å². The van der Waals surface area contributed by atoms with E-state index >= 15 is 0 Å². The fraction of sp³-hybridized carbons (Fsp3) is 0.889. The van der Waals surface area contributed by atoms with Gasteiger partial charge in [-0.15, -0.1) is 0 Å². The zero-order valence-electron chi connectivity index (χ0n) is 8.16. The number of amidine groups is 1. The van der Waals surface area contributed by atoms with Crippen molar-refractivity contribution in [3.05, 3.63) is 0 Å². The van der Waals surface area contributed by atoms with Crippen LogP contribution in [0.5, 0.6) is 0 Å². The minimum Gasteiger partial charge on any atom is -0.409 e. The Balaban J connectivity index is 2.12. The topological polar surface area (TPSA) is 70.6 Å². The maximum absolute atomic E-state index is 8.31. The van der Waals surface area contributed by atoms with Gasteiger partial charge in [0.15, 0.2) is 0 Å². The minimum atomic E-state index is 0.304. The molecule has 76 valence electrons. The molecule has 4 N–H and O–H groups in total. The summed E-state index contributed by atoms with van der Waals surface area (Å²) < 4.78 is 0. The number of oxime groups is 1. The van der Waals surface area contributed by atoms with Gasteiger partial charge in [-0.05, 0) is 18.8 Å². The lowest BCUT2D eigenvalue weighted by atomic mass is 10.1. The molecular weight excluding hydrogens is 166 g/mol. The van der Waals surface area contributed by atoms with Crippen LogP contribution in [0.4, 0.5) is 0 Å². The highest BCUT2D eigenvalue weighted by molar-refractivity contribution is 5.79. The van der Waals surface area contributed by atoms with Crippen LogP contribution in [0.15, 0.2) is 5.16 Å². The Morgan fingerprint density at radius 3 is 2.92 bits per heavy atom. The quantitative estimate of drug-likeness (QED) is 0.264. The predicted octanol–water partition coefficient (Wildman–Crippen LogP) is 0.901. The Labute approximate surface area is 79.2 Å². The Morgan fingerprint density at radius 1 is 1.62 bits per heavy atom. The van der Waals surface area contributed by atoms with Gasteiger partial charge >= 0.3 is 0 Å². The summed E-state index contributed by atoms with van der Waals surface area (Å²) in [6.45, 7) is 3.08. The smallest absolute Gasteiger partial charge is 0.140 e. The molecule has 0 aliphatic heterocycles. The predicted molar refractivity (Wildman–Crippen MR) is 52.8 cm³/mol. The number of hydrogen-bond acceptors (Lipinski definition) is 3.